The number of hydrogen-bond acceptors (Lipinski definition) is 3. The van der Waals surface area contributed by atoms with E-state index in [4.69, 9.17) is 4.74 Å². The molecule has 0 bridgehead atoms. The average molecular weight is 278 g/mol. The predicted molar refractivity (Wildman–Crippen MR) is 76.9 cm³/mol. The van der Waals surface area contributed by atoms with Gasteiger partial charge in [-0.15, -0.1) is 0 Å². The van der Waals surface area contributed by atoms with Crippen LogP contribution in [0.5, 0.6) is 5.75 Å². The molecule has 2 amide bonds. The molecule has 0 aromatic heterocycles. The Hall–Kier alpha value is -1.75. The van der Waals surface area contributed by atoms with Crippen LogP contribution >= 0.6 is 0 Å². The summed E-state index contributed by atoms with van der Waals surface area (Å²) in [5.74, 6) is 0.804. The molecule has 20 heavy (non-hydrogen) atoms. The van der Waals surface area contributed by atoms with Crippen molar-refractivity contribution in [3.63, 3.8) is 0 Å². The van der Waals surface area contributed by atoms with Crippen molar-refractivity contribution < 1.29 is 14.6 Å². The maximum Gasteiger partial charge on any atom is 0.317 e. The van der Waals surface area contributed by atoms with Crippen molar-refractivity contribution in [3.8, 4) is 5.75 Å². The molecule has 1 heterocycles. The van der Waals surface area contributed by atoms with Crippen LogP contribution in [0.15, 0.2) is 24.3 Å². The number of likely N-dealkylation sites (tertiary alicyclic amines) is 1. The minimum absolute atomic E-state index is 0.128. The zero-order chi connectivity index (χ0) is 14.4. The summed E-state index contributed by atoms with van der Waals surface area (Å²) >= 11 is 0. The highest BCUT2D eigenvalue weighted by Crippen LogP contribution is 2.11. The number of amides is 2. The summed E-state index contributed by atoms with van der Waals surface area (Å²) in [6.07, 6.45) is 1.24. The molecule has 1 aromatic rings. The minimum atomic E-state index is -0.390. The van der Waals surface area contributed by atoms with Gasteiger partial charge in [0.25, 0.3) is 0 Å². The lowest BCUT2D eigenvalue weighted by molar-refractivity contribution is 0.0840. The van der Waals surface area contributed by atoms with Crippen molar-refractivity contribution >= 4 is 6.03 Å². The van der Waals surface area contributed by atoms with Crippen LogP contribution in [-0.2, 0) is 0 Å². The number of aliphatic hydroxyl groups excluding tert-OH is 1. The lowest BCUT2D eigenvalue weighted by atomic mass is 10.1. The number of benzene rings is 1. The second kappa shape index (κ2) is 7.14. The Morgan fingerprint density at radius 1 is 1.45 bits per heavy atom. The van der Waals surface area contributed by atoms with E-state index in [2.05, 4.69) is 5.32 Å². The fourth-order valence-electron chi connectivity index (χ4n) is 2.21. The number of carbonyl (C=O) groups is 1. The summed E-state index contributed by atoms with van der Waals surface area (Å²) in [5, 5.41) is 12.3. The zero-order valence-electron chi connectivity index (χ0n) is 11.8. The smallest absolute Gasteiger partial charge is 0.317 e. The monoisotopic (exact) mass is 278 g/mol. The Balaban J connectivity index is 1.65. The first-order chi connectivity index (χ1) is 9.65. The van der Waals surface area contributed by atoms with Gasteiger partial charge in [-0.2, -0.15) is 0 Å². The van der Waals surface area contributed by atoms with Crippen molar-refractivity contribution in [1.29, 1.82) is 0 Å². The molecule has 1 unspecified atom stereocenters. The Morgan fingerprint density at radius 3 is 2.90 bits per heavy atom. The highest BCUT2D eigenvalue weighted by atomic mass is 16.5. The molecule has 0 radical (unpaired) electrons. The molecule has 1 aliphatic rings. The van der Waals surface area contributed by atoms with E-state index < -0.39 is 6.10 Å². The summed E-state index contributed by atoms with van der Waals surface area (Å²) in [6, 6.07) is 7.68. The number of β-amino-alcohol motifs (C(OH)–C–C–N with tert-alkyl or cyclic N) is 1. The van der Waals surface area contributed by atoms with Gasteiger partial charge in [0, 0.05) is 13.1 Å². The first-order valence-electron chi connectivity index (χ1n) is 7.05. The van der Waals surface area contributed by atoms with Gasteiger partial charge in [-0.3, -0.25) is 0 Å². The van der Waals surface area contributed by atoms with Crippen molar-refractivity contribution in [2.75, 3.05) is 26.2 Å². The second-order valence-corrected chi connectivity index (χ2v) is 5.14. The number of nitrogens with one attached hydrogen (secondary N) is 1. The van der Waals surface area contributed by atoms with Crippen LogP contribution in [0.2, 0.25) is 0 Å². The molecule has 1 aliphatic heterocycles. The Bertz CT molecular complexity index is 433. The Kier molecular flexibility index (Phi) is 5.24. The maximum atomic E-state index is 11.8. The summed E-state index contributed by atoms with van der Waals surface area (Å²) in [6.45, 7) is 4.05. The number of aliphatic hydroxyl groups is 1. The zero-order valence-corrected chi connectivity index (χ0v) is 11.8. The first-order valence-corrected chi connectivity index (χ1v) is 7.05. The first kappa shape index (κ1) is 14.7. The quantitative estimate of drug-likeness (QED) is 0.821. The fraction of sp³-hybridized carbons (Fsp3) is 0.533. The molecule has 0 aliphatic carbocycles. The van der Waals surface area contributed by atoms with Gasteiger partial charge in [-0.1, -0.05) is 17.7 Å². The second-order valence-electron chi connectivity index (χ2n) is 5.14. The number of carbonyl (C=O) groups excluding carboxylic acids is 1. The number of piperidine rings is 1. The Morgan fingerprint density at radius 2 is 2.20 bits per heavy atom. The van der Waals surface area contributed by atoms with E-state index in [0.29, 0.717) is 26.2 Å². The van der Waals surface area contributed by atoms with E-state index in [1.165, 1.54) is 5.56 Å². The van der Waals surface area contributed by atoms with Crippen molar-refractivity contribution in [1.82, 2.24) is 10.2 Å². The molecule has 5 heteroatoms. The van der Waals surface area contributed by atoms with E-state index in [1.54, 1.807) is 4.90 Å². The lowest BCUT2D eigenvalue weighted by Gasteiger charge is -2.30. The molecule has 2 rings (SSSR count). The van der Waals surface area contributed by atoms with E-state index in [0.717, 1.165) is 18.6 Å². The normalized spacial score (nSPS) is 18.7. The van der Waals surface area contributed by atoms with E-state index in [9.17, 15) is 9.90 Å². The molecule has 1 fully saturated rings. The highest BCUT2D eigenvalue weighted by Gasteiger charge is 2.21. The molecule has 2 N–H and O–H groups in total. The van der Waals surface area contributed by atoms with Gasteiger partial charge in [0.05, 0.1) is 12.6 Å². The minimum Gasteiger partial charge on any atom is -0.492 e. The predicted octanol–water partition coefficient (Wildman–Crippen LogP) is 1.54. The molecule has 110 valence electrons. The molecule has 1 aromatic carbocycles. The fourth-order valence-corrected chi connectivity index (χ4v) is 2.21. The van der Waals surface area contributed by atoms with Crippen LogP contribution in [0.4, 0.5) is 4.79 Å². The lowest BCUT2D eigenvalue weighted by Crippen LogP contribution is -2.47. The van der Waals surface area contributed by atoms with Gasteiger partial charge in [0.2, 0.25) is 0 Å². The average Bonchev–Trinajstić information content (AvgIpc) is 2.45. The van der Waals surface area contributed by atoms with Gasteiger partial charge in [-0.05, 0) is 31.9 Å². The van der Waals surface area contributed by atoms with E-state index in [-0.39, 0.29) is 6.03 Å². The molecule has 0 saturated carbocycles. The van der Waals surface area contributed by atoms with Crippen LogP contribution in [0.25, 0.3) is 0 Å². The van der Waals surface area contributed by atoms with E-state index in [1.807, 2.05) is 31.2 Å². The number of rotatable bonds is 4. The molecule has 1 saturated heterocycles. The van der Waals surface area contributed by atoms with Crippen LogP contribution in [-0.4, -0.2) is 48.4 Å². The third-order valence-electron chi connectivity index (χ3n) is 3.35. The number of aryl methyl sites for hydroxylation is 1. The van der Waals surface area contributed by atoms with Gasteiger partial charge >= 0.3 is 6.03 Å². The largest absolute Gasteiger partial charge is 0.492 e. The van der Waals surface area contributed by atoms with Crippen molar-refractivity contribution in [2.45, 2.75) is 25.9 Å². The molecular formula is C15H22N2O3. The molecule has 0 spiro atoms. The third kappa shape index (κ3) is 4.42. The van der Waals surface area contributed by atoms with Gasteiger partial charge in [0.1, 0.15) is 12.4 Å². The van der Waals surface area contributed by atoms with Crippen molar-refractivity contribution in [2.24, 2.45) is 0 Å². The number of hydrogen-bond donors (Lipinski definition) is 2. The number of ether oxygens (including phenoxy) is 1. The van der Waals surface area contributed by atoms with E-state index >= 15 is 0 Å². The highest BCUT2D eigenvalue weighted by molar-refractivity contribution is 5.74. The van der Waals surface area contributed by atoms with Crippen LogP contribution < -0.4 is 10.1 Å². The van der Waals surface area contributed by atoms with Gasteiger partial charge < -0.3 is 20.1 Å². The Labute approximate surface area is 119 Å². The summed E-state index contributed by atoms with van der Waals surface area (Å²) < 4.78 is 5.54. The topological polar surface area (TPSA) is 61.8 Å². The number of urea groups is 1. The van der Waals surface area contributed by atoms with Gasteiger partial charge in [0.15, 0.2) is 0 Å². The summed E-state index contributed by atoms with van der Waals surface area (Å²) in [5.41, 5.74) is 1.19. The molecule has 5 nitrogen and oxygen atoms in total. The summed E-state index contributed by atoms with van der Waals surface area (Å²) in [4.78, 5) is 13.5. The van der Waals surface area contributed by atoms with Crippen LogP contribution in [0.1, 0.15) is 18.4 Å². The molecular weight excluding hydrogens is 256 g/mol. The van der Waals surface area contributed by atoms with Gasteiger partial charge in [-0.25, -0.2) is 4.79 Å². The van der Waals surface area contributed by atoms with Crippen LogP contribution in [0.3, 0.4) is 0 Å². The standard InChI is InChI=1S/C15H22N2O3/c1-12-4-6-14(7-5-12)20-10-8-16-15(19)17-9-2-3-13(18)11-17/h4-7,13,18H,2-3,8-11H2,1H3,(H,16,19). The number of nitrogens with zero attached hydrogens (tertiary/aromatic N) is 1. The third-order valence-corrected chi connectivity index (χ3v) is 3.35. The van der Waals surface area contributed by atoms with Crippen molar-refractivity contribution in [3.05, 3.63) is 29.8 Å². The molecule has 1 atom stereocenters. The maximum absolute atomic E-state index is 11.8. The van der Waals surface area contributed by atoms with Crippen LogP contribution in [0, 0.1) is 6.92 Å². The SMILES string of the molecule is Cc1ccc(OCCNC(=O)N2CCCC(O)C2)cc1. The summed E-state index contributed by atoms with van der Waals surface area (Å²) in [7, 11) is 0.